The number of nitrogens with one attached hydrogen (secondary N) is 1. The Balaban J connectivity index is 2.44. The maximum absolute atomic E-state index is 10.6. The van der Waals surface area contributed by atoms with Crippen LogP contribution in [-0.4, -0.2) is 29.7 Å². The first-order chi connectivity index (χ1) is 4.24. The summed E-state index contributed by atoms with van der Waals surface area (Å²) in [5.41, 5.74) is 5.32. The van der Waals surface area contributed by atoms with Gasteiger partial charge in [-0.2, -0.15) is 0 Å². The highest BCUT2D eigenvalue weighted by atomic mass is 16.3. The molecule has 0 radical (unpaired) electrons. The van der Waals surface area contributed by atoms with Crippen LogP contribution in [0.2, 0.25) is 0 Å². The van der Waals surface area contributed by atoms with E-state index in [2.05, 4.69) is 5.32 Å². The minimum Gasteiger partial charge on any atom is -0.394 e. The van der Waals surface area contributed by atoms with Gasteiger partial charge < -0.3 is 16.2 Å². The molecule has 1 aliphatic rings. The molecule has 0 unspecified atom stereocenters. The molecule has 1 rings (SSSR count). The van der Waals surface area contributed by atoms with Gasteiger partial charge in [-0.15, -0.1) is 0 Å². The van der Waals surface area contributed by atoms with Crippen LogP contribution < -0.4 is 11.1 Å². The highest BCUT2D eigenvalue weighted by molar-refractivity contribution is 5.84. The van der Waals surface area contributed by atoms with Crippen LogP contribution in [0, 0.1) is 0 Å². The highest BCUT2D eigenvalue weighted by Gasteiger charge is 2.27. The van der Waals surface area contributed by atoms with Crippen LogP contribution in [0.3, 0.4) is 0 Å². The van der Waals surface area contributed by atoms with Gasteiger partial charge in [-0.3, -0.25) is 4.79 Å². The predicted molar refractivity (Wildman–Crippen MR) is 31.6 cm³/mol. The number of nitrogens with two attached hydrogens (primary N) is 1. The second kappa shape index (κ2) is 2.33. The monoisotopic (exact) mass is 130 g/mol. The molecule has 0 aliphatic carbocycles. The number of aliphatic hydroxyl groups is 1. The van der Waals surface area contributed by atoms with Crippen molar-refractivity contribution in [3.05, 3.63) is 0 Å². The zero-order chi connectivity index (χ0) is 6.85. The van der Waals surface area contributed by atoms with E-state index in [9.17, 15) is 4.79 Å². The smallest absolute Gasteiger partial charge is 0.237 e. The van der Waals surface area contributed by atoms with Crippen molar-refractivity contribution < 1.29 is 9.90 Å². The molecule has 4 heteroatoms. The number of hydrogen-bond acceptors (Lipinski definition) is 3. The molecule has 1 heterocycles. The molecule has 0 aromatic carbocycles. The number of amides is 1. The minimum atomic E-state index is -0.415. The van der Waals surface area contributed by atoms with Gasteiger partial charge in [-0.05, 0) is 6.42 Å². The van der Waals surface area contributed by atoms with Gasteiger partial charge >= 0.3 is 0 Å². The van der Waals surface area contributed by atoms with Crippen molar-refractivity contribution in [3.63, 3.8) is 0 Å². The lowest BCUT2D eigenvalue weighted by molar-refractivity contribution is -0.120. The summed E-state index contributed by atoms with van der Waals surface area (Å²) in [4.78, 5) is 10.6. The van der Waals surface area contributed by atoms with E-state index < -0.39 is 6.04 Å². The Morgan fingerprint density at radius 2 is 2.56 bits per heavy atom. The quantitative estimate of drug-likeness (QED) is 0.392. The van der Waals surface area contributed by atoms with E-state index >= 15 is 0 Å². The fourth-order valence-corrected chi connectivity index (χ4v) is 0.901. The average molecular weight is 130 g/mol. The zero-order valence-electron chi connectivity index (χ0n) is 5.00. The van der Waals surface area contributed by atoms with Gasteiger partial charge in [0, 0.05) is 0 Å². The first kappa shape index (κ1) is 6.51. The van der Waals surface area contributed by atoms with Gasteiger partial charge in [0.25, 0.3) is 0 Å². The van der Waals surface area contributed by atoms with E-state index in [1.807, 2.05) is 0 Å². The van der Waals surface area contributed by atoms with Crippen LogP contribution in [0.1, 0.15) is 6.42 Å². The molecule has 1 saturated heterocycles. The second-order valence-electron chi connectivity index (χ2n) is 2.23. The molecule has 4 nitrogen and oxygen atoms in total. The van der Waals surface area contributed by atoms with Crippen molar-refractivity contribution in [1.82, 2.24) is 5.32 Å². The van der Waals surface area contributed by atoms with Crippen molar-refractivity contribution in [2.45, 2.75) is 18.5 Å². The van der Waals surface area contributed by atoms with E-state index in [1.165, 1.54) is 0 Å². The minimum absolute atomic E-state index is 0.0144. The Bertz CT molecular complexity index is 126. The molecule has 2 atom stereocenters. The molecule has 0 spiro atoms. The van der Waals surface area contributed by atoms with E-state index in [0.29, 0.717) is 6.42 Å². The fourth-order valence-electron chi connectivity index (χ4n) is 0.901. The maximum Gasteiger partial charge on any atom is 0.237 e. The van der Waals surface area contributed by atoms with Crippen LogP contribution in [0.5, 0.6) is 0 Å². The van der Waals surface area contributed by atoms with Gasteiger partial charge in [0.05, 0.1) is 18.7 Å². The lowest BCUT2D eigenvalue weighted by Crippen LogP contribution is -2.32. The normalized spacial score (nSPS) is 34.7. The molecule has 1 aliphatic heterocycles. The first-order valence-electron chi connectivity index (χ1n) is 2.91. The third kappa shape index (κ3) is 1.20. The molecule has 0 aromatic heterocycles. The van der Waals surface area contributed by atoms with Crippen molar-refractivity contribution in [2.24, 2.45) is 5.73 Å². The number of carbonyl (C=O) groups is 1. The topological polar surface area (TPSA) is 75.3 Å². The lowest BCUT2D eigenvalue weighted by Gasteiger charge is -2.01. The summed E-state index contributed by atoms with van der Waals surface area (Å²) in [6.45, 7) is -0.0144. The Labute approximate surface area is 53.0 Å². The second-order valence-corrected chi connectivity index (χ2v) is 2.23. The Morgan fingerprint density at radius 1 is 1.89 bits per heavy atom. The van der Waals surface area contributed by atoms with E-state index in [1.54, 1.807) is 0 Å². The summed E-state index contributed by atoms with van der Waals surface area (Å²) in [5, 5.41) is 11.1. The van der Waals surface area contributed by atoms with Crippen LogP contribution in [-0.2, 0) is 4.79 Å². The van der Waals surface area contributed by atoms with Gasteiger partial charge in [0.15, 0.2) is 0 Å². The molecule has 0 aromatic rings. The third-order valence-corrected chi connectivity index (χ3v) is 1.44. The van der Waals surface area contributed by atoms with Crippen LogP contribution >= 0.6 is 0 Å². The van der Waals surface area contributed by atoms with Gasteiger partial charge in [-0.1, -0.05) is 0 Å². The Hall–Kier alpha value is -0.610. The van der Waals surface area contributed by atoms with Gasteiger partial charge in [0.2, 0.25) is 5.91 Å². The van der Waals surface area contributed by atoms with Crippen molar-refractivity contribution in [3.8, 4) is 0 Å². The Kier molecular flexibility index (Phi) is 1.68. The third-order valence-electron chi connectivity index (χ3n) is 1.44. The molecule has 1 fully saturated rings. The molecular formula is C5H10N2O2. The van der Waals surface area contributed by atoms with E-state index in [-0.39, 0.29) is 18.6 Å². The highest BCUT2D eigenvalue weighted by Crippen LogP contribution is 2.03. The van der Waals surface area contributed by atoms with Crippen molar-refractivity contribution >= 4 is 5.91 Å². The van der Waals surface area contributed by atoms with E-state index in [4.69, 9.17) is 10.8 Å². The first-order valence-corrected chi connectivity index (χ1v) is 2.91. The fraction of sp³-hybridized carbons (Fsp3) is 0.800. The molecular weight excluding hydrogens is 120 g/mol. The van der Waals surface area contributed by atoms with E-state index in [0.717, 1.165) is 0 Å². The summed E-state index contributed by atoms with van der Waals surface area (Å²) in [5.74, 6) is -0.158. The average Bonchev–Trinajstić information content (AvgIpc) is 2.13. The SMILES string of the molecule is N[C@@H]1C[C@@H](CO)NC1=O. The molecule has 4 N–H and O–H groups in total. The molecule has 9 heavy (non-hydrogen) atoms. The maximum atomic E-state index is 10.6. The molecule has 52 valence electrons. The van der Waals surface area contributed by atoms with Crippen LogP contribution in [0.25, 0.3) is 0 Å². The summed E-state index contributed by atoms with van der Waals surface area (Å²) in [6, 6.07) is -0.533. The number of aliphatic hydroxyl groups excluding tert-OH is 1. The van der Waals surface area contributed by atoms with Gasteiger partial charge in [0.1, 0.15) is 0 Å². The number of rotatable bonds is 1. The predicted octanol–water partition coefficient (Wildman–Crippen LogP) is -1.81. The van der Waals surface area contributed by atoms with Crippen LogP contribution in [0.4, 0.5) is 0 Å². The summed E-state index contributed by atoms with van der Waals surface area (Å²) < 4.78 is 0. The molecule has 0 saturated carbocycles. The zero-order valence-corrected chi connectivity index (χ0v) is 5.00. The van der Waals surface area contributed by atoms with Gasteiger partial charge in [-0.25, -0.2) is 0 Å². The summed E-state index contributed by atoms with van der Waals surface area (Å²) >= 11 is 0. The molecule has 0 bridgehead atoms. The van der Waals surface area contributed by atoms with Crippen molar-refractivity contribution in [2.75, 3.05) is 6.61 Å². The summed E-state index contributed by atoms with van der Waals surface area (Å²) in [7, 11) is 0. The Morgan fingerprint density at radius 3 is 2.78 bits per heavy atom. The number of hydrogen-bond donors (Lipinski definition) is 3. The standard InChI is InChI=1S/C5H10N2O2/c6-4-1-3(2-8)7-5(4)9/h3-4,8H,1-2,6H2,(H,7,9)/t3-,4+/m0/s1. The summed E-state index contributed by atoms with van der Waals surface area (Å²) in [6.07, 6.45) is 0.551. The largest absolute Gasteiger partial charge is 0.394 e. The lowest BCUT2D eigenvalue weighted by atomic mass is 10.2. The molecule has 1 amide bonds. The van der Waals surface area contributed by atoms with Crippen LogP contribution in [0.15, 0.2) is 0 Å². The van der Waals surface area contributed by atoms with Crippen molar-refractivity contribution in [1.29, 1.82) is 0 Å². The number of carbonyl (C=O) groups excluding carboxylic acids is 1.